The van der Waals surface area contributed by atoms with Crippen LogP contribution in [0.2, 0.25) is 0 Å². The second kappa shape index (κ2) is 7.55. The lowest BCUT2D eigenvalue weighted by molar-refractivity contribution is -0.147. The number of rotatable bonds is 4. The van der Waals surface area contributed by atoms with E-state index in [-0.39, 0.29) is 23.9 Å². The molecule has 112 valence electrons. The van der Waals surface area contributed by atoms with Gasteiger partial charge < -0.3 is 10.6 Å². The maximum absolute atomic E-state index is 13.9. The van der Waals surface area contributed by atoms with Crippen molar-refractivity contribution in [2.24, 2.45) is 5.92 Å². The summed E-state index contributed by atoms with van der Waals surface area (Å²) < 4.78 is 27.8. The molecule has 0 saturated carbocycles. The first-order valence-electron chi connectivity index (χ1n) is 6.53. The third kappa shape index (κ3) is 4.15. The first kappa shape index (κ1) is 16.9. The van der Waals surface area contributed by atoms with Gasteiger partial charge in [-0.3, -0.25) is 4.79 Å². The Morgan fingerprint density at radius 3 is 2.65 bits per heavy atom. The van der Waals surface area contributed by atoms with Gasteiger partial charge in [-0.2, -0.15) is 8.78 Å². The molecule has 2 rings (SSSR count). The minimum Gasteiger partial charge on any atom is -0.350 e. The van der Waals surface area contributed by atoms with Crippen LogP contribution in [0.4, 0.5) is 8.78 Å². The second-order valence-electron chi connectivity index (χ2n) is 4.86. The maximum atomic E-state index is 13.9. The summed E-state index contributed by atoms with van der Waals surface area (Å²) in [5.74, 6) is -4.45. The van der Waals surface area contributed by atoms with Gasteiger partial charge in [0.15, 0.2) is 0 Å². The van der Waals surface area contributed by atoms with Crippen molar-refractivity contribution in [2.45, 2.75) is 18.8 Å². The van der Waals surface area contributed by atoms with Crippen molar-refractivity contribution in [3.63, 3.8) is 0 Å². The third-order valence-corrected chi connectivity index (χ3v) is 3.37. The van der Waals surface area contributed by atoms with E-state index in [0.29, 0.717) is 6.54 Å². The van der Waals surface area contributed by atoms with Gasteiger partial charge in [-0.1, -0.05) is 30.3 Å². The Bertz CT molecular complexity index is 422. The van der Waals surface area contributed by atoms with Crippen LogP contribution in [0.15, 0.2) is 30.3 Å². The van der Waals surface area contributed by atoms with Crippen LogP contribution in [-0.4, -0.2) is 25.5 Å². The summed E-state index contributed by atoms with van der Waals surface area (Å²) in [4.78, 5) is 11.6. The summed E-state index contributed by atoms with van der Waals surface area (Å²) in [5, 5.41) is 5.55. The molecule has 6 heteroatoms. The van der Waals surface area contributed by atoms with Crippen LogP contribution in [0.3, 0.4) is 0 Å². The first-order chi connectivity index (χ1) is 9.10. The molecule has 1 heterocycles. The fraction of sp³-hybridized carbons (Fsp3) is 0.500. The Morgan fingerprint density at radius 2 is 2.05 bits per heavy atom. The van der Waals surface area contributed by atoms with E-state index in [0.717, 1.165) is 25.9 Å². The van der Waals surface area contributed by atoms with Gasteiger partial charge in [0.2, 0.25) is 0 Å². The molecule has 1 aromatic carbocycles. The van der Waals surface area contributed by atoms with Gasteiger partial charge in [0.1, 0.15) is 0 Å². The Hall–Kier alpha value is -1.20. The molecule has 1 aliphatic rings. The van der Waals surface area contributed by atoms with Crippen LogP contribution in [0.25, 0.3) is 0 Å². The second-order valence-corrected chi connectivity index (χ2v) is 4.86. The lowest BCUT2D eigenvalue weighted by atomic mass is 9.99. The molecule has 0 aliphatic carbocycles. The van der Waals surface area contributed by atoms with E-state index in [1.165, 1.54) is 24.3 Å². The van der Waals surface area contributed by atoms with Crippen molar-refractivity contribution in [1.82, 2.24) is 10.6 Å². The third-order valence-electron chi connectivity index (χ3n) is 3.37. The van der Waals surface area contributed by atoms with Gasteiger partial charge in [0.25, 0.3) is 5.91 Å². The van der Waals surface area contributed by atoms with E-state index in [1.54, 1.807) is 6.07 Å². The van der Waals surface area contributed by atoms with Crippen LogP contribution in [0.5, 0.6) is 0 Å². The molecule has 0 bridgehead atoms. The van der Waals surface area contributed by atoms with Crippen molar-refractivity contribution in [3.8, 4) is 0 Å². The normalized spacial score (nSPS) is 19.0. The van der Waals surface area contributed by atoms with Gasteiger partial charge >= 0.3 is 5.92 Å². The average molecular weight is 305 g/mol. The monoisotopic (exact) mass is 304 g/mol. The predicted molar refractivity (Wildman–Crippen MR) is 76.2 cm³/mol. The molecule has 1 amide bonds. The number of benzene rings is 1. The van der Waals surface area contributed by atoms with Crippen molar-refractivity contribution < 1.29 is 13.6 Å². The highest BCUT2D eigenvalue weighted by Crippen LogP contribution is 2.27. The number of piperidine rings is 1. The summed E-state index contributed by atoms with van der Waals surface area (Å²) in [7, 11) is 0. The van der Waals surface area contributed by atoms with Crippen molar-refractivity contribution in [1.29, 1.82) is 0 Å². The highest BCUT2D eigenvalue weighted by Gasteiger charge is 2.40. The Morgan fingerprint density at radius 1 is 1.35 bits per heavy atom. The fourth-order valence-corrected chi connectivity index (χ4v) is 2.22. The zero-order valence-corrected chi connectivity index (χ0v) is 11.9. The number of carbonyl (C=O) groups is 1. The fourth-order valence-electron chi connectivity index (χ4n) is 2.22. The van der Waals surface area contributed by atoms with Crippen LogP contribution in [0, 0.1) is 5.92 Å². The van der Waals surface area contributed by atoms with E-state index in [9.17, 15) is 13.6 Å². The Labute approximate surface area is 123 Å². The molecule has 0 spiro atoms. The summed E-state index contributed by atoms with van der Waals surface area (Å²) in [5.41, 5.74) is -0.269. The molecular weight excluding hydrogens is 286 g/mol. The lowest BCUT2D eigenvalue weighted by Gasteiger charge is -2.24. The highest BCUT2D eigenvalue weighted by molar-refractivity contribution is 5.85. The zero-order chi connectivity index (χ0) is 13.7. The summed E-state index contributed by atoms with van der Waals surface area (Å²) in [6.45, 7) is 2.04. The van der Waals surface area contributed by atoms with Crippen LogP contribution >= 0.6 is 12.4 Å². The van der Waals surface area contributed by atoms with E-state index >= 15 is 0 Å². The van der Waals surface area contributed by atoms with Crippen molar-refractivity contribution >= 4 is 18.3 Å². The lowest BCUT2D eigenvalue weighted by Crippen LogP contribution is -2.43. The topological polar surface area (TPSA) is 41.1 Å². The van der Waals surface area contributed by atoms with Crippen LogP contribution in [-0.2, 0) is 10.7 Å². The molecule has 0 radical (unpaired) electrons. The molecule has 1 atom stereocenters. The SMILES string of the molecule is Cl.O=C(NCC1CCCNC1)C(F)(F)c1ccccc1. The van der Waals surface area contributed by atoms with Crippen LogP contribution < -0.4 is 10.6 Å². The van der Waals surface area contributed by atoms with Gasteiger partial charge in [0, 0.05) is 12.1 Å². The van der Waals surface area contributed by atoms with Gasteiger partial charge in [-0.05, 0) is 31.8 Å². The summed E-state index contributed by atoms with van der Waals surface area (Å²) >= 11 is 0. The number of nitrogens with one attached hydrogen (secondary N) is 2. The molecule has 20 heavy (non-hydrogen) atoms. The molecule has 3 nitrogen and oxygen atoms in total. The molecule has 0 aromatic heterocycles. The van der Waals surface area contributed by atoms with E-state index in [1.807, 2.05) is 0 Å². The molecular formula is C14H19ClF2N2O. The highest BCUT2D eigenvalue weighted by atomic mass is 35.5. The maximum Gasteiger partial charge on any atom is 0.349 e. The summed E-state index contributed by atoms with van der Waals surface area (Å²) in [6, 6.07) is 7.18. The molecule has 1 fully saturated rings. The zero-order valence-electron chi connectivity index (χ0n) is 11.1. The Kier molecular flexibility index (Phi) is 6.36. The number of hydrogen-bond acceptors (Lipinski definition) is 2. The smallest absolute Gasteiger partial charge is 0.349 e. The molecule has 1 aliphatic heterocycles. The number of halogens is 3. The Balaban J connectivity index is 0.00000200. The summed E-state index contributed by atoms with van der Waals surface area (Å²) in [6.07, 6.45) is 1.99. The predicted octanol–water partition coefficient (Wildman–Crippen LogP) is 2.32. The van der Waals surface area contributed by atoms with Crippen molar-refractivity contribution in [3.05, 3.63) is 35.9 Å². The molecule has 1 saturated heterocycles. The standard InChI is InChI=1S/C14H18F2N2O.ClH/c15-14(16,12-6-2-1-3-7-12)13(19)18-10-11-5-4-8-17-9-11;/h1-3,6-7,11,17H,4-5,8-10H2,(H,18,19);1H. The largest absolute Gasteiger partial charge is 0.350 e. The number of hydrogen-bond donors (Lipinski definition) is 2. The van der Waals surface area contributed by atoms with Gasteiger partial charge in [0.05, 0.1) is 0 Å². The van der Waals surface area contributed by atoms with E-state index in [2.05, 4.69) is 10.6 Å². The van der Waals surface area contributed by atoms with E-state index in [4.69, 9.17) is 0 Å². The van der Waals surface area contributed by atoms with Gasteiger partial charge in [-0.15, -0.1) is 12.4 Å². The number of alkyl halides is 2. The molecule has 1 aromatic rings. The van der Waals surface area contributed by atoms with Gasteiger partial charge in [-0.25, -0.2) is 0 Å². The minimum absolute atomic E-state index is 0. The first-order valence-corrected chi connectivity index (χ1v) is 6.53. The van der Waals surface area contributed by atoms with E-state index < -0.39 is 11.8 Å². The molecule has 1 unspecified atom stereocenters. The quantitative estimate of drug-likeness (QED) is 0.896. The average Bonchev–Trinajstić information content (AvgIpc) is 2.46. The van der Waals surface area contributed by atoms with Crippen LogP contribution in [0.1, 0.15) is 18.4 Å². The minimum atomic E-state index is -3.47. The number of carbonyl (C=O) groups excluding carboxylic acids is 1. The van der Waals surface area contributed by atoms with Crippen molar-refractivity contribution in [2.75, 3.05) is 19.6 Å². The number of amides is 1. The molecule has 2 N–H and O–H groups in total.